The number of benzene rings is 2. The lowest BCUT2D eigenvalue weighted by molar-refractivity contribution is -0.144. The van der Waals surface area contributed by atoms with E-state index in [0.717, 1.165) is 0 Å². The van der Waals surface area contributed by atoms with Crippen molar-refractivity contribution in [3.8, 4) is 11.8 Å². The number of anilines is 1. The Labute approximate surface area is 169 Å². The van der Waals surface area contributed by atoms with E-state index >= 15 is 0 Å². The average Bonchev–Trinajstić information content (AvgIpc) is 2.70. The Morgan fingerprint density at radius 1 is 1.00 bits per heavy atom. The number of hydrogen-bond acceptors (Lipinski definition) is 6. The van der Waals surface area contributed by atoms with Crippen LogP contribution in [0.1, 0.15) is 36.7 Å². The maximum atomic E-state index is 12.2. The molecule has 0 bridgehead atoms. The molecule has 0 atom stereocenters. The molecule has 0 fully saturated rings. The van der Waals surface area contributed by atoms with Crippen molar-refractivity contribution in [2.75, 3.05) is 18.5 Å². The molecular weight excluding hydrogens is 372 g/mol. The van der Waals surface area contributed by atoms with Crippen molar-refractivity contribution in [1.29, 1.82) is 5.26 Å². The molecule has 0 spiro atoms. The second-order valence-electron chi connectivity index (χ2n) is 7.26. The Hall–Kier alpha value is -3.66. The fourth-order valence-electron chi connectivity index (χ4n) is 2.15. The summed E-state index contributed by atoms with van der Waals surface area (Å²) in [6.45, 7) is 4.56. The van der Waals surface area contributed by atoms with Crippen LogP contribution in [0.5, 0.6) is 5.75 Å². The molecule has 0 radical (unpaired) electrons. The normalized spacial score (nSPS) is 10.6. The van der Waals surface area contributed by atoms with Gasteiger partial charge in [0, 0.05) is 16.7 Å². The monoisotopic (exact) mass is 394 g/mol. The number of carbonyl (C=O) groups excluding carboxylic acids is 3. The summed E-state index contributed by atoms with van der Waals surface area (Å²) >= 11 is 0. The van der Waals surface area contributed by atoms with Gasteiger partial charge in [-0.15, -0.1) is 0 Å². The highest BCUT2D eigenvalue weighted by Gasteiger charge is 2.21. The van der Waals surface area contributed by atoms with Crippen molar-refractivity contribution in [3.63, 3.8) is 0 Å². The minimum absolute atomic E-state index is 0.136. The minimum atomic E-state index is -0.722. The SMILES string of the molecule is CC(C)(C)C(=O)Nc1ccc(C(=O)COC(=O)COc2ccccc2C#N)cc1. The first-order valence-electron chi connectivity index (χ1n) is 8.93. The van der Waals surface area contributed by atoms with Crippen LogP contribution in [0.2, 0.25) is 0 Å². The molecule has 0 aromatic heterocycles. The van der Waals surface area contributed by atoms with Gasteiger partial charge in [0.15, 0.2) is 19.0 Å². The first-order valence-corrected chi connectivity index (χ1v) is 8.93. The van der Waals surface area contributed by atoms with Crippen LogP contribution in [0.3, 0.4) is 0 Å². The van der Waals surface area contributed by atoms with E-state index in [2.05, 4.69) is 5.32 Å². The van der Waals surface area contributed by atoms with Crippen LogP contribution in [0.15, 0.2) is 48.5 Å². The lowest BCUT2D eigenvalue weighted by atomic mass is 9.95. The number of nitrogens with one attached hydrogen (secondary N) is 1. The number of amides is 1. The highest BCUT2D eigenvalue weighted by molar-refractivity contribution is 5.99. The number of carbonyl (C=O) groups is 3. The van der Waals surface area contributed by atoms with Gasteiger partial charge in [0.05, 0.1) is 5.56 Å². The zero-order valence-electron chi connectivity index (χ0n) is 16.5. The van der Waals surface area contributed by atoms with E-state index < -0.39 is 24.6 Å². The molecule has 150 valence electrons. The highest BCUT2D eigenvalue weighted by Crippen LogP contribution is 2.18. The summed E-state index contributed by atoms with van der Waals surface area (Å²) in [5.41, 5.74) is 0.693. The molecule has 0 saturated heterocycles. The Kier molecular flexibility index (Phi) is 7.10. The minimum Gasteiger partial charge on any atom is -0.481 e. The van der Waals surface area contributed by atoms with Crippen molar-refractivity contribution >= 4 is 23.3 Å². The highest BCUT2D eigenvalue weighted by atomic mass is 16.6. The molecule has 1 N–H and O–H groups in total. The smallest absolute Gasteiger partial charge is 0.344 e. The third-order valence-corrected chi connectivity index (χ3v) is 3.86. The molecule has 29 heavy (non-hydrogen) atoms. The van der Waals surface area contributed by atoms with Gasteiger partial charge in [-0.2, -0.15) is 5.26 Å². The first-order chi connectivity index (χ1) is 13.7. The van der Waals surface area contributed by atoms with E-state index in [0.29, 0.717) is 16.8 Å². The Bertz CT molecular complexity index is 937. The lowest BCUT2D eigenvalue weighted by Crippen LogP contribution is -2.27. The number of nitrogens with zero attached hydrogens (tertiary/aromatic N) is 1. The van der Waals surface area contributed by atoms with Gasteiger partial charge >= 0.3 is 5.97 Å². The molecular formula is C22H22N2O5. The van der Waals surface area contributed by atoms with Crippen LogP contribution in [0, 0.1) is 16.7 Å². The zero-order chi connectivity index (χ0) is 21.4. The second kappa shape index (κ2) is 9.51. The summed E-state index contributed by atoms with van der Waals surface area (Å²) in [5, 5.41) is 11.7. The van der Waals surface area contributed by atoms with Gasteiger partial charge in [-0.05, 0) is 36.4 Å². The van der Waals surface area contributed by atoms with Gasteiger partial charge in [0.1, 0.15) is 11.8 Å². The summed E-state index contributed by atoms with van der Waals surface area (Å²) in [4.78, 5) is 35.9. The zero-order valence-corrected chi connectivity index (χ0v) is 16.5. The van der Waals surface area contributed by atoms with Crippen LogP contribution in [-0.2, 0) is 14.3 Å². The molecule has 0 unspecified atom stereocenters. The second-order valence-corrected chi connectivity index (χ2v) is 7.26. The molecule has 0 aliphatic rings. The van der Waals surface area contributed by atoms with Crippen LogP contribution in [-0.4, -0.2) is 30.9 Å². The summed E-state index contributed by atoms with van der Waals surface area (Å²) in [7, 11) is 0. The largest absolute Gasteiger partial charge is 0.481 e. The molecule has 7 heteroatoms. The van der Waals surface area contributed by atoms with Crippen molar-refractivity contribution < 1.29 is 23.9 Å². The third kappa shape index (κ3) is 6.47. The molecule has 2 aromatic carbocycles. The van der Waals surface area contributed by atoms with Gasteiger partial charge in [-0.25, -0.2) is 4.79 Å². The van der Waals surface area contributed by atoms with Crippen LogP contribution in [0.4, 0.5) is 5.69 Å². The van der Waals surface area contributed by atoms with Gasteiger partial charge in [-0.3, -0.25) is 9.59 Å². The first kappa shape index (κ1) is 21.6. The number of ether oxygens (including phenoxy) is 2. The van der Waals surface area contributed by atoms with E-state index in [-0.39, 0.29) is 17.4 Å². The van der Waals surface area contributed by atoms with Gasteiger partial charge in [-0.1, -0.05) is 32.9 Å². The molecule has 7 nitrogen and oxygen atoms in total. The van der Waals surface area contributed by atoms with Crippen molar-refractivity contribution in [3.05, 3.63) is 59.7 Å². The Morgan fingerprint density at radius 2 is 1.66 bits per heavy atom. The number of nitriles is 1. The number of ketones is 1. The topological polar surface area (TPSA) is 105 Å². The third-order valence-electron chi connectivity index (χ3n) is 3.86. The number of Topliss-reactive ketones (excluding diaryl/α,β-unsaturated/α-hetero) is 1. The van der Waals surface area contributed by atoms with Gasteiger partial charge < -0.3 is 14.8 Å². The molecule has 0 heterocycles. The van der Waals surface area contributed by atoms with Gasteiger partial charge in [0.2, 0.25) is 5.91 Å². The van der Waals surface area contributed by atoms with Crippen LogP contribution in [0.25, 0.3) is 0 Å². The summed E-state index contributed by atoms with van der Waals surface area (Å²) in [6, 6.07) is 14.8. The lowest BCUT2D eigenvalue weighted by Gasteiger charge is -2.17. The number of esters is 1. The summed E-state index contributed by atoms with van der Waals surface area (Å²) in [5.74, 6) is -0.973. The fraction of sp³-hybridized carbons (Fsp3) is 0.273. The van der Waals surface area contributed by atoms with E-state index in [1.165, 1.54) is 0 Å². The van der Waals surface area contributed by atoms with Crippen LogP contribution < -0.4 is 10.1 Å². The quantitative estimate of drug-likeness (QED) is 0.570. The maximum Gasteiger partial charge on any atom is 0.344 e. The van der Waals surface area contributed by atoms with E-state index in [4.69, 9.17) is 14.7 Å². The summed E-state index contributed by atoms with van der Waals surface area (Å²) in [6.07, 6.45) is 0. The van der Waals surface area contributed by atoms with E-state index in [9.17, 15) is 14.4 Å². The standard InChI is InChI=1S/C22H22N2O5/c1-22(2,3)21(27)24-17-10-8-15(9-11-17)18(25)13-29-20(26)14-28-19-7-5-4-6-16(19)12-23/h4-11H,13-14H2,1-3H3,(H,24,27). The van der Waals surface area contributed by atoms with E-state index in [1.807, 2.05) is 6.07 Å². The number of para-hydroxylation sites is 1. The molecule has 0 saturated carbocycles. The maximum absolute atomic E-state index is 12.2. The fourth-order valence-corrected chi connectivity index (χ4v) is 2.15. The molecule has 0 aliphatic carbocycles. The molecule has 2 rings (SSSR count). The van der Waals surface area contributed by atoms with Crippen molar-refractivity contribution in [2.24, 2.45) is 5.41 Å². The molecule has 2 aromatic rings. The Balaban J connectivity index is 1.83. The molecule has 1 amide bonds. The number of hydrogen-bond donors (Lipinski definition) is 1. The van der Waals surface area contributed by atoms with E-state index in [1.54, 1.807) is 69.3 Å². The predicted molar refractivity (Wildman–Crippen MR) is 106 cm³/mol. The van der Waals surface area contributed by atoms with Crippen molar-refractivity contribution in [2.45, 2.75) is 20.8 Å². The van der Waals surface area contributed by atoms with Crippen molar-refractivity contribution in [1.82, 2.24) is 0 Å². The van der Waals surface area contributed by atoms with Crippen LogP contribution >= 0.6 is 0 Å². The van der Waals surface area contributed by atoms with Gasteiger partial charge in [0.25, 0.3) is 0 Å². The number of rotatable bonds is 7. The molecule has 0 aliphatic heterocycles. The summed E-state index contributed by atoms with van der Waals surface area (Å²) < 4.78 is 10.2. The average molecular weight is 394 g/mol. The Morgan fingerprint density at radius 3 is 2.28 bits per heavy atom. The predicted octanol–water partition coefficient (Wildman–Crippen LogP) is 3.35.